The molecule has 0 N–H and O–H groups in total. The van der Waals surface area contributed by atoms with Crippen molar-refractivity contribution in [3.05, 3.63) is 66.5 Å². The molecule has 1 amide bonds. The number of carbonyl (C=O) groups is 1. The largest absolute Gasteiger partial charge is 0.333 e. The van der Waals surface area contributed by atoms with Crippen LogP contribution in [0.4, 0.5) is 0 Å². The number of amides is 1. The summed E-state index contributed by atoms with van der Waals surface area (Å²) in [5, 5.41) is 1.86. The maximum Gasteiger partial charge on any atom is 0.254 e. The Bertz CT molecular complexity index is 799. The normalized spacial score (nSPS) is 12.1. The van der Waals surface area contributed by atoms with E-state index >= 15 is 0 Å². The highest BCUT2D eigenvalue weighted by atomic mass is 16.2. The molecule has 5 nitrogen and oxygen atoms in total. The van der Waals surface area contributed by atoms with E-state index in [1.165, 1.54) is 6.33 Å². The fraction of sp³-hybridized carbons (Fsp3) is 0.176. The number of aromatic nitrogens is 3. The topological polar surface area (TPSA) is 59.0 Å². The smallest absolute Gasteiger partial charge is 0.254 e. The van der Waals surface area contributed by atoms with E-state index in [1.54, 1.807) is 30.5 Å². The van der Waals surface area contributed by atoms with Crippen LogP contribution < -0.4 is 0 Å². The molecule has 0 aliphatic rings. The first kappa shape index (κ1) is 14.1. The minimum absolute atomic E-state index is 0.0390. The number of nitrogens with zero attached hydrogens (tertiary/aromatic N) is 4. The number of fused-ring (bicyclic) bond motifs is 1. The zero-order valence-electron chi connectivity index (χ0n) is 12.5. The second-order valence-corrected chi connectivity index (χ2v) is 5.13. The predicted molar refractivity (Wildman–Crippen MR) is 84.3 cm³/mol. The quantitative estimate of drug-likeness (QED) is 0.745. The zero-order valence-corrected chi connectivity index (χ0v) is 12.5. The molecule has 0 radical (unpaired) electrons. The molecular formula is C17H16N4O. The average Bonchev–Trinajstić information content (AvgIpc) is 2.60. The van der Waals surface area contributed by atoms with Crippen LogP contribution in [0.15, 0.2) is 55.2 Å². The number of pyridine rings is 1. The third kappa shape index (κ3) is 2.53. The van der Waals surface area contributed by atoms with Crippen LogP contribution >= 0.6 is 0 Å². The van der Waals surface area contributed by atoms with Crippen molar-refractivity contribution < 1.29 is 4.79 Å². The number of benzene rings is 1. The van der Waals surface area contributed by atoms with Crippen molar-refractivity contribution in [3.63, 3.8) is 0 Å². The maximum absolute atomic E-state index is 12.8. The van der Waals surface area contributed by atoms with Crippen LogP contribution in [0.3, 0.4) is 0 Å². The molecule has 1 aromatic carbocycles. The van der Waals surface area contributed by atoms with Crippen LogP contribution in [0.2, 0.25) is 0 Å². The molecule has 0 saturated heterocycles. The Morgan fingerprint density at radius 1 is 1.14 bits per heavy atom. The number of rotatable bonds is 3. The third-order valence-electron chi connectivity index (χ3n) is 3.85. The van der Waals surface area contributed by atoms with Crippen molar-refractivity contribution in [1.29, 1.82) is 0 Å². The summed E-state index contributed by atoms with van der Waals surface area (Å²) >= 11 is 0. The minimum atomic E-state index is -0.132. The van der Waals surface area contributed by atoms with Crippen LogP contribution in [0.25, 0.3) is 10.8 Å². The molecule has 3 aromatic rings. The lowest BCUT2D eigenvalue weighted by Crippen LogP contribution is -2.30. The number of hydrogen-bond acceptors (Lipinski definition) is 4. The Kier molecular flexibility index (Phi) is 3.78. The summed E-state index contributed by atoms with van der Waals surface area (Å²) in [5.41, 5.74) is 1.48. The Balaban J connectivity index is 1.96. The Hall–Kier alpha value is -2.82. The summed E-state index contributed by atoms with van der Waals surface area (Å²) in [4.78, 5) is 26.8. The highest BCUT2D eigenvalue weighted by Gasteiger charge is 2.21. The molecule has 2 heterocycles. The van der Waals surface area contributed by atoms with Crippen LogP contribution in [-0.4, -0.2) is 32.8 Å². The third-order valence-corrected chi connectivity index (χ3v) is 3.85. The van der Waals surface area contributed by atoms with Crippen LogP contribution in [0.1, 0.15) is 29.0 Å². The van der Waals surface area contributed by atoms with E-state index in [1.807, 2.05) is 37.3 Å². The molecule has 2 aromatic heterocycles. The fourth-order valence-electron chi connectivity index (χ4n) is 2.42. The van der Waals surface area contributed by atoms with E-state index < -0.39 is 0 Å². The van der Waals surface area contributed by atoms with Crippen molar-refractivity contribution in [2.75, 3.05) is 7.05 Å². The first-order valence-corrected chi connectivity index (χ1v) is 7.04. The summed E-state index contributed by atoms with van der Waals surface area (Å²) in [5.74, 6) is -0.0390. The zero-order chi connectivity index (χ0) is 15.5. The Labute approximate surface area is 128 Å². The molecule has 3 rings (SSSR count). The summed E-state index contributed by atoms with van der Waals surface area (Å²) in [6.07, 6.45) is 6.64. The van der Waals surface area contributed by atoms with Gasteiger partial charge in [0, 0.05) is 36.6 Å². The average molecular weight is 292 g/mol. The van der Waals surface area contributed by atoms with E-state index in [0.717, 1.165) is 16.5 Å². The van der Waals surface area contributed by atoms with Gasteiger partial charge in [-0.05, 0) is 30.5 Å². The minimum Gasteiger partial charge on any atom is -0.333 e. The van der Waals surface area contributed by atoms with Gasteiger partial charge in [0.05, 0.1) is 11.7 Å². The lowest BCUT2D eigenvalue weighted by atomic mass is 10.0. The monoisotopic (exact) mass is 292 g/mol. The van der Waals surface area contributed by atoms with E-state index in [2.05, 4.69) is 15.0 Å². The van der Waals surface area contributed by atoms with Gasteiger partial charge >= 0.3 is 0 Å². The van der Waals surface area contributed by atoms with Gasteiger partial charge in [0.25, 0.3) is 5.91 Å². The predicted octanol–water partition coefficient (Wildman–Crippen LogP) is 2.86. The van der Waals surface area contributed by atoms with Gasteiger partial charge in [0.1, 0.15) is 6.33 Å². The standard InChI is InChI=1S/C17H16N4O/c1-12(16-7-9-19-11-20-16)21(2)17(22)15-5-3-4-13-10-18-8-6-14(13)15/h3-12H,1-2H3/t12-/m0/s1. The second-order valence-electron chi connectivity index (χ2n) is 5.13. The van der Waals surface area contributed by atoms with Gasteiger partial charge in [-0.25, -0.2) is 9.97 Å². The van der Waals surface area contributed by atoms with Gasteiger partial charge < -0.3 is 4.90 Å². The lowest BCUT2D eigenvalue weighted by Gasteiger charge is -2.25. The molecule has 0 fully saturated rings. The maximum atomic E-state index is 12.8. The van der Waals surface area contributed by atoms with Crippen molar-refractivity contribution in [2.45, 2.75) is 13.0 Å². The fourth-order valence-corrected chi connectivity index (χ4v) is 2.42. The summed E-state index contributed by atoms with van der Waals surface area (Å²) in [6, 6.07) is 9.22. The van der Waals surface area contributed by atoms with Crippen molar-refractivity contribution in [3.8, 4) is 0 Å². The number of carbonyl (C=O) groups excluding carboxylic acids is 1. The molecule has 0 aliphatic heterocycles. The van der Waals surface area contributed by atoms with E-state index in [9.17, 15) is 4.79 Å². The van der Waals surface area contributed by atoms with Gasteiger partial charge in [0.15, 0.2) is 0 Å². The van der Waals surface area contributed by atoms with Gasteiger partial charge in [-0.3, -0.25) is 9.78 Å². The first-order chi connectivity index (χ1) is 10.7. The molecule has 110 valence electrons. The second kappa shape index (κ2) is 5.89. The lowest BCUT2D eigenvalue weighted by molar-refractivity contribution is 0.0741. The Morgan fingerprint density at radius 2 is 1.95 bits per heavy atom. The molecule has 0 bridgehead atoms. The molecule has 22 heavy (non-hydrogen) atoms. The summed E-state index contributed by atoms with van der Waals surface area (Å²) < 4.78 is 0. The van der Waals surface area contributed by atoms with E-state index in [0.29, 0.717) is 5.56 Å². The molecule has 0 spiro atoms. The van der Waals surface area contributed by atoms with Crippen molar-refractivity contribution in [1.82, 2.24) is 19.9 Å². The van der Waals surface area contributed by atoms with Crippen molar-refractivity contribution >= 4 is 16.7 Å². The molecule has 0 saturated carbocycles. The van der Waals surface area contributed by atoms with Crippen molar-refractivity contribution in [2.24, 2.45) is 0 Å². The number of hydrogen-bond donors (Lipinski definition) is 0. The highest BCUT2D eigenvalue weighted by Crippen LogP contribution is 2.23. The van der Waals surface area contributed by atoms with Crippen LogP contribution in [0, 0.1) is 0 Å². The molecular weight excluding hydrogens is 276 g/mol. The summed E-state index contributed by atoms with van der Waals surface area (Å²) in [7, 11) is 1.79. The molecule has 1 atom stereocenters. The molecule has 0 aliphatic carbocycles. The molecule has 0 unspecified atom stereocenters. The van der Waals surface area contributed by atoms with Gasteiger partial charge in [-0.15, -0.1) is 0 Å². The van der Waals surface area contributed by atoms with Crippen LogP contribution in [0.5, 0.6) is 0 Å². The van der Waals surface area contributed by atoms with Gasteiger partial charge in [0.2, 0.25) is 0 Å². The molecule has 5 heteroatoms. The van der Waals surface area contributed by atoms with Crippen LogP contribution in [-0.2, 0) is 0 Å². The van der Waals surface area contributed by atoms with E-state index in [4.69, 9.17) is 0 Å². The van der Waals surface area contributed by atoms with E-state index in [-0.39, 0.29) is 11.9 Å². The summed E-state index contributed by atoms with van der Waals surface area (Å²) in [6.45, 7) is 1.95. The van der Waals surface area contributed by atoms with Gasteiger partial charge in [-0.1, -0.05) is 12.1 Å². The Morgan fingerprint density at radius 3 is 2.73 bits per heavy atom. The van der Waals surface area contributed by atoms with Gasteiger partial charge in [-0.2, -0.15) is 0 Å². The first-order valence-electron chi connectivity index (χ1n) is 7.04. The highest BCUT2D eigenvalue weighted by molar-refractivity contribution is 6.06. The SMILES string of the molecule is C[C@@H](c1ccncn1)N(C)C(=O)c1cccc2cnccc12.